The molecule has 5 rings (SSSR count). The van der Waals surface area contributed by atoms with Gasteiger partial charge in [-0.3, -0.25) is 4.79 Å². The van der Waals surface area contributed by atoms with Crippen molar-refractivity contribution in [1.82, 2.24) is 5.16 Å². The number of ketones is 1. The fourth-order valence-electron chi connectivity index (χ4n) is 7.05. The van der Waals surface area contributed by atoms with Crippen molar-refractivity contribution in [3.8, 4) is 0 Å². The minimum Gasteiger partial charge on any atom is -0.451 e. The van der Waals surface area contributed by atoms with Crippen molar-refractivity contribution in [1.29, 1.82) is 0 Å². The Morgan fingerprint density at radius 1 is 1.21 bits per heavy atom. The van der Waals surface area contributed by atoms with Gasteiger partial charge in [-0.1, -0.05) is 51.9 Å². The van der Waals surface area contributed by atoms with Crippen molar-refractivity contribution < 1.29 is 33.4 Å². The second kappa shape index (κ2) is 8.60. The number of allylic oxidation sites excluding steroid dienone is 1. The van der Waals surface area contributed by atoms with Crippen molar-refractivity contribution >= 4 is 11.8 Å². The zero-order chi connectivity index (χ0) is 28.0. The summed E-state index contributed by atoms with van der Waals surface area (Å²) >= 11 is 0. The molecule has 1 saturated carbocycles. The van der Waals surface area contributed by atoms with E-state index in [0.717, 1.165) is 6.42 Å². The van der Waals surface area contributed by atoms with Crippen LogP contribution in [0.1, 0.15) is 96.0 Å². The summed E-state index contributed by atoms with van der Waals surface area (Å²) in [5.41, 5.74) is -1.38. The van der Waals surface area contributed by atoms with Gasteiger partial charge in [-0.2, -0.15) is 0 Å². The maximum absolute atomic E-state index is 14.6. The highest BCUT2D eigenvalue weighted by Gasteiger charge is 2.72. The third-order valence-electron chi connectivity index (χ3n) is 9.74. The van der Waals surface area contributed by atoms with Crippen LogP contribution < -0.4 is 0 Å². The number of aliphatic hydroxyl groups is 1. The van der Waals surface area contributed by atoms with Crippen LogP contribution in [0.25, 0.3) is 0 Å². The summed E-state index contributed by atoms with van der Waals surface area (Å²) in [4.78, 5) is 28.3. The van der Waals surface area contributed by atoms with E-state index in [1.165, 1.54) is 0 Å². The van der Waals surface area contributed by atoms with Crippen LogP contribution in [0.2, 0.25) is 0 Å². The first-order valence-corrected chi connectivity index (χ1v) is 13.7. The lowest BCUT2D eigenvalue weighted by atomic mass is 9.63. The second-order valence-corrected chi connectivity index (χ2v) is 13.2. The Morgan fingerprint density at radius 2 is 1.89 bits per heavy atom. The molecule has 6 unspecified atom stereocenters. The van der Waals surface area contributed by atoms with Gasteiger partial charge in [-0.15, -0.1) is 0 Å². The average Bonchev–Trinajstić information content (AvgIpc) is 3.28. The number of Topliss-reactive ketones (excluding diaryl/α,β-unsaturated/α-hetero) is 1. The van der Waals surface area contributed by atoms with Crippen molar-refractivity contribution in [2.24, 2.45) is 22.7 Å². The summed E-state index contributed by atoms with van der Waals surface area (Å²) in [6, 6.07) is 0. The van der Waals surface area contributed by atoms with Gasteiger partial charge in [0.15, 0.2) is 23.3 Å². The van der Waals surface area contributed by atoms with E-state index in [0.29, 0.717) is 29.0 Å². The maximum Gasteiger partial charge on any atom is 0.344 e. The van der Waals surface area contributed by atoms with Crippen LogP contribution in [0.15, 0.2) is 27.8 Å². The Hall–Kier alpha value is -2.29. The van der Waals surface area contributed by atoms with Crippen LogP contribution in [0.4, 0.5) is 0 Å². The smallest absolute Gasteiger partial charge is 0.344 e. The number of esters is 1. The molecule has 1 aromatic rings. The minimum absolute atomic E-state index is 0.0559. The van der Waals surface area contributed by atoms with Gasteiger partial charge in [-0.05, 0) is 68.9 Å². The number of fused-ring (bicyclic) bond motifs is 3. The van der Waals surface area contributed by atoms with Crippen molar-refractivity contribution in [2.75, 3.05) is 6.61 Å². The van der Waals surface area contributed by atoms with Crippen LogP contribution in [0.3, 0.4) is 0 Å². The number of ether oxygens (including phenoxy) is 3. The number of aryl methyl sites for hydroxylation is 1. The molecule has 3 aliphatic carbocycles. The zero-order valence-corrected chi connectivity index (χ0v) is 24.0. The van der Waals surface area contributed by atoms with Crippen LogP contribution in [0, 0.1) is 29.6 Å². The number of rotatable bonds is 3. The predicted molar refractivity (Wildman–Crippen MR) is 139 cm³/mol. The summed E-state index contributed by atoms with van der Waals surface area (Å²) < 4.78 is 24.0. The fraction of sp³-hybridized carbons (Fsp3) is 0.700. The first kappa shape index (κ1) is 27.3. The van der Waals surface area contributed by atoms with Gasteiger partial charge in [0.25, 0.3) is 0 Å². The van der Waals surface area contributed by atoms with Gasteiger partial charge in [0, 0.05) is 5.92 Å². The van der Waals surface area contributed by atoms with Gasteiger partial charge < -0.3 is 23.8 Å². The minimum atomic E-state index is -1.85. The molecule has 6 atom stereocenters. The van der Waals surface area contributed by atoms with E-state index >= 15 is 0 Å². The molecule has 1 spiro atoms. The molecule has 2 fully saturated rings. The van der Waals surface area contributed by atoms with Gasteiger partial charge in [0.2, 0.25) is 0 Å². The van der Waals surface area contributed by atoms with E-state index in [4.69, 9.17) is 18.7 Å². The Morgan fingerprint density at radius 3 is 2.55 bits per heavy atom. The van der Waals surface area contributed by atoms with Crippen LogP contribution in [-0.2, 0) is 19.0 Å². The molecule has 1 aromatic heterocycles. The molecule has 1 N–H and O–H groups in total. The lowest BCUT2D eigenvalue weighted by Gasteiger charge is -2.51. The summed E-state index contributed by atoms with van der Waals surface area (Å²) in [6.07, 6.45) is 2.99. The van der Waals surface area contributed by atoms with Crippen molar-refractivity contribution in [2.45, 2.75) is 105 Å². The number of aromatic nitrogens is 1. The Bertz CT molecular complexity index is 1240. The Balaban J connectivity index is 1.68. The van der Waals surface area contributed by atoms with E-state index in [2.05, 4.69) is 25.9 Å². The predicted octanol–water partition coefficient (Wildman–Crippen LogP) is 5.04. The highest BCUT2D eigenvalue weighted by atomic mass is 16.7. The van der Waals surface area contributed by atoms with E-state index in [9.17, 15) is 14.7 Å². The van der Waals surface area contributed by atoms with E-state index in [-0.39, 0.29) is 35.2 Å². The highest BCUT2D eigenvalue weighted by Crippen LogP contribution is 2.62. The van der Waals surface area contributed by atoms with E-state index in [1.54, 1.807) is 20.8 Å². The second-order valence-electron chi connectivity index (χ2n) is 13.2. The number of hydrogen-bond donors (Lipinski definition) is 1. The van der Waals surface area contributed by atoms with Gasteiger partial charge in [0.05, 0.1) is 12.0 Å². The third-order valence-corrected chi connectivity index (χ3v) is 9.74. The molecule has 0 radical (unpaired) electrons. The molecule has 208 valence electrons. The van der Waals surface area contributed by atoms with E-state index in [1.807, 2.05) is 32.9 Å². The highest BCUT2D eigenvalue weighted by molar-refractivity contribution is 5.96. The fourth-order valence-corrected chi connectivity index (χ4v) is 7.05. The van der Waals surface area contributed by atoms with Crippen LogP contribution in [0.5, 0.6) is 0 Å². The number of carbonyl (C=O) groups excluding carboxylic acids is 2. The van der Waals surface area contributed by atoms with E-state index < -0.39 is 40.9 Å². The third kappa shape index (κ3) is 3.63. The molecule has 4 aliphatic rings. The normalized spacial score (nSPS) is 37.5. The van der Waals surface area contributed by atoms with Crippen molar-refractivity contribution in [3.05, 3.63) is 40.3 Å². The average molecular weight is 528 g/mol. The summed E-state index contributed by atoms with van der Waals surface area (Å²) in [5, 5.41) is 17.1. The lowest BCUT2D eigenvalue weighted by Crippen LogP contribution is -2.66. The Labute approximate surface area is 224 Å². The first-order chi connectivity index (χ1) is 17.6. The van der Waals surface area contributed by atoms with Crippen LogP contribution >= 0.6 is 0 Å². The van der Waals surface area contributed by atoms with Gasteiger partial charge in [-0.25, -0.2) is 4.79 Å². The summed E-state index contributed by atoms with van der Waals surface area (Å²) in [6.45, 7) is 17.5. The molecule has 1 saturated heterocycles. The number of hydrogen-bond acceptors (Lipinski definition) is 8. The monoisotopic (exact) mass is 527 g/mol. The molecule has 2 heterocycles. The molecular weight excluding hydrogens is 486 g/mol. The molecule has 8 nitrogen and oxygen atoms in total. The summed E-state index contributed by atoms with van der Waals surface area (Å²) in [7, 11) is 0. The topological polar surface area (TPSA) is 108 Å². The standard InChI is InChI=1S/C30H41NO7/c1-15(2)22-21(18(5)38-31-22)26(33)36-24-16(3)13-29-11-10-17(4)27(6,7)20(23(29)32)12-19-14-35-28(8,9)37-25(19)30(24,29)34/h12-13,15,17,20,24-25,34H,10-11,14H2,1-9H3. The number of carbonyl (C=O) groups is 2. The number of nitrogens with zero attached hydrogens (tertiary/aromatic N) is 1. The molecule has 0 amide bonds. The van der Waals surface area contributed by atoms with Crippen LogP contribution in [-0.4, -0.2) is 52.2 Å². The molecular formula is C30H41NO7. The van der Waals surface area contributed by atoms with Gasteiger partial charge >= 0.3 is 5.97 Å². The largest absolute Gasteiger partial charge is 0.451 e. The SMILES string of the molecule is CC1=CC23CCC(C)C(C)(C)C(C=C4COC(C)(C)OC4C2(O)C1OC(=O)c1c(C(C)C)noc1C)C3=O. The Kier molecular flexibility index (Phi) is 6.18. The molecule has 38 heavy (non-hydrogen) atoms. The first-order valence-electron chi connectivity index (χ1n) is 13.7. The summed E-state index contributed by atoms with van der Waals surface area (Å²) in [5.74, 6) is -1.64. The lowest BCUT2D eigenvalue weighted by molar-refractivity contribution is -0.300. The quantitative estimate of drug-likeness (QED) is 0.430. The van der Waals surface area contributed by atoms with Gasteiger partial charge in [0.1, 0.15) is 23.1 Å². The zero-order valence-electron chi connectivity index (χ0n) is 24.0. The molecule has 2 bridgehead atoms. The molecule has 8 heteroatoms. The molecule has 0 aromatic carbocycles. The van der Waals surface area contributed by atoms with Crippen molar-refractivity contribution in [3.63, 3.8) is 0 Å². The maximum atomic E-state index is 14.6. The molecule has 1 aliphatic heterocycles.